The monoisotopic (exact) mass is 397 g/mol. The molecular weight excluding hydrogens is 381 g/mol. The molecule has 4 aromatic rings. The van der Waals surface area contributed by atoms with Gasteiger partial charge in [0.1, 0.15) is 16.2 Å². The van der Waals surface area contributed by atoms with Crippen molar-refractivity contribution in [1.29, 1.82) is 0 Å². The smallest absolute Gasteiger partial charge is 0.240 e. The van der Waals surface area contributed by atoms with Crippen LogP contribution in [0.25, 0.3) is 16.8 Å². The Bertz CT molecular complexity index is 1260. The average Bonchev–Trinajstić information content (AvgIpc) is 3.12. The van der Waals surface area contributed by atoms with Crippen molar-refractivity contribution in [1.82, 2.24) is 14.6 Å². The Morgan fingerprint density at radius 2 is 1.89 bits per heavy atom. The van der Waals surface area contributed by atoms with Gasteiger partial charge in [-0.1, -0.05) is 36.4 Å². The van der Waals surface area contributed by atoms with Crippen LogP contribution < -0.4 is 10.5 Å². The van der Waals surface area contributed by atoms with E-state index >= 15 is 0 Å². The summed E-state index contributed by atoms with van der Waals surface area (Å²) in [5, 5.41) is 12.7. The van der Waals surface area contributed by atoms with Gasteiger partial charge in [0, 0.05) is 24.5 Å². The SMILES string of the molecule is NS(=O)(=O)c1cc(CNc2nccn3nc(-c4ccccc4)cc23)ccc1F. The highest BCUT2D eigenvalue weighted by atomic mass is 32.2. The summed E-state index contributed by atoms with van der Waals surface area (Å²) >= 11 is 0. The lowest BCUT2D eigenvalue weighted by atomic mass is 10.1. The van der Waals surface area contributed by atoms with Crippen LogP contribution in [0.5, 0.6) is 0 Å². The molecule has 0 aliphatic rings. The first kappa shape index (κ1) is 18.1. The lowest BCUT2D eigenvalue weighted by molar-refractivity contribution is 0.567. The molecule has 0 bridgehead atoms. The minimum atomic E-state index is -4.13. The van der Waals surface area contributed by atoms with Crippen molar-refractivity contribution in [2.24, 2.45) is 5.14 Å². The second kappa shape index (κ2) is 7.02. The van der Waals surface area contributed by atoms with Crippen LogP contribution in [0.3, 0.4) is 0 Å². The largest absolute Gasteiger partial charge is 0.364 e. The van der Waals surface area contributed by atoms with E-state index in [-0.39, 0.29) is 6.54 Å². The summed E-state index contributed by atoms with van der Waals surface area (Å²) in [4.78, 5) is 3.80. The number of aromatic nitrogens is 3. The molecule has 3 N–H and O–H groups in total. The van der Waals surface area contributed by atoms with Gasteiger partial charge in [0.25, 0.3) is 0 Å². The molecule has 0 aliphatic carbocycles. The molecule has 2 heterocycles. The Hall–Kier alpha value is -3.30. The van der Waals surface area contributed by atoms with E-state index in [2.05, 4.69) is 15.4 Å². The van der Waals surface area contributed by atoms with Crippen molar-refractivity contribution in [3.05, 3.63) is 78.4 Å². The van der Waals surface area contributed by atoms with Gasteiger partial charge in [0.15, 0.2) is 5.82 Å². The minimum absolute atomic E-state index is 0.237. The predicted molar refractivity (Wildman–Crippen MR) is 104 cm³/mol. The second-order valence-corrected chi connectivity index (χ2v) is 7.69. The third-order valence-corrected chi connectivity index (χ3v) is 5.15. The zero-order valence-corrected chi connectivity index (χ0v) is 15.4. The first-order chi connectivity index (χ1) is 13.4. The number of rotatable bonds is 5. The quantitative estimate of drug-likeness (QED) is 0.539. The zero-order chi connectivity index (χ0) is 19.7. The summed E-state index contributed by atoms with van der Waals surface area (Å²) in [6.45, 7) is 0.237. The third-order valence-electron chi connectivity index (χ3n) is 4.22. The number of sulfonamides is 1. The van der Waals surface area contributed by atoms with Gasteiger partial charge in [-0.2, -0.15) is 5.10 Å². The Morgan fingerprint density at radius 3 is 2.64 bits per heavy atom. The molecule has 2 aromatic carbocycles. The Balaban J connectivity index is 1.63. The van der Waals surface area contributed by atoms with Gasteiger partial charge >= 0.3 is 0 Å². The zero-order valence-electron chi connectivity index (χ0n) is 14.6. The maximum Gasteiger partial charge on any atom is 0.240 e. The van der Waals surface area contributed by atoms with Crippen LogP contribution in [-0.2, 0) is 16.6 Å². The molecule has 9 heteroatoms. The summed E-state index contributed by atoms with van der Waals surface area (Å²) in [5.74, 6) is -0.312. The lowest BCUT2D eigenvalue weighted by Gasteiger charge is -2.08. The molecular formula is C19H16FN5O2S. The summed E-state index contributed by atoms with van der Waals surface area (Å²) in [6.07, 6.45) is 3.35. The fraction of sp³-hybridized carbons (Fsp3) is 0.0526. The van der Waals surface area contributed by atoms with E-state index in [4.69, 9.17) is 5.14 Å². The number of fused-ring (bicyclic) bond motifs is 1. The van der Waals surface area contributed by atoms with E-state index in [1.165, 1.54) is 12.1 Å². The van der Waals surface area contributed by atoms with Crippen molar-refractivity contribution >= 4 is 21.4 Å². The standard InChI is InChI=1S/C19H16FN5O2S/c20-15-7-6-13(10-18(15)28(21,26)27)12-23-19-17-11-16(14-4-2-1-3-5-14)24-25(17)9-8-22-19/h1-11H,12H2,(H,22,23)(H2,21,26,27). The number of nitrogens with two attached hydrogens (primary N) is 1. The van der Waals surface area contributed by atoms with Gasteiger partial charge in [-0.05, 0) is 23.8 Å². The normalized spacial score (nSPS) is 11.6. The number of hydrogen-bond donors (Lipinski definition) is 2. The predicted octanol–water partition coefficient (Wildman–Crippen LogP) is 2.79. The lowest BCUT2D eigenvalue weighted by Crippen LogP contribution is -2.15. The molecule has 0 fully saturated rings. The average molecular weight is 397 g/mol. The first-order valence-corrected chi connectivity index (χ1v) is 9.91. The summed E-state index contributed by atoms with van der Waals surface area (Å²) in [5.41, 5.74) is 3.09. The Labute approximate surface area is 160 Å². The number of halogens is 1. The fourth-order valence-electron chi connectivity index (χ4n) is 2.87. The molecule has 0 spiro atoms. The van der Waals surface area contributed by atoms with E-state index < -0.39 is 20.7 Å². The van der Waals surface area contributed by atoms with Crippen LogP contribution in [0.1, 0.15) is 5.56 Å². The molecule has 0 unspecified atom stereocenters. The van der Waals surface area contributed by atoms with E-state index in [0.29, 0.717) is 11.4 Å². The maximum absolute atomic E-state index is 13.7. The van der Waals surface area contributed by atoms with Crippen molar-refractivity contribution in [2.75, 3.05) is 5.32 Å². The van der Waals surface area contributed by atoms with Gasteiger partial charge in [-0.25, -0.2) is 27.4 Å². The highest BCUT2D eigenvalue weighted by Gasteiger charge is 2.15. The molecule has 4 rings (SSSR count). The van der Waals surface area contributed by atoms with Crippen molar-refractivity contribution < 1.29 is 12.8 Å². The Kier molecular flexibility index (Phi) is 4.54. The highest BCUT2D eigenvalue weighted by molar-refractivity contribution is 7.89. The van der Waals surface area contributed by atoms with Crippen LogP contribution >= 0.6 is 0 Å². The molecule has 0 saturated heterocycles. The van der Waals surface area contributed by atoms with Gasteiger partial charge in [-0.3, -0.25) is 0 Å². The summed E-state index contributed by atoms with van der Waals surface area (Å²) in [6, 6.07) is 15.4. The van der Waals surface area contributed by atoms with E-state index in [1.54, 1.807) is 16.9 Å². The maximum atomic E-state index is 13.7. The molecule has 0 atom stereocenters. The number of hydrogen-bond acceptors (Lipinski definition) is 5. The summed E-state index contributed by atoms with van der Waals surface area (Å²) in [7, 11) is -4.13. The van der Waals surface area contributed by atoms with Gasteiger partial charge in [0.05, 0.1) is 5.69 Å². The van der Waals surface area contributed by atoms with Crippen LogP contribution in [-0.4, -0.2) is 23.0 Å². The first-order valence-electron chi connectivity index (χ1n) is 8.37. The molecule has 0 amide bonds. The highest BCUT2D eigenvalue weighted by Crippen LogP contribution is 2.23. The molecule has 2 aromatic heterocycles. The number of primary sulfonamides is 1. The van der Waals surface area contributed by atoms with Crippen molar-refractivity contribution in [2.45, 2.75) is 11.4 Å². The van der Waals surface area contributed by atoms with E-state index in [1.807, 2.05) is 36.4 Å². The molecule has 142 valence electrons. The number of nitrogens with zero attached hydrogens (tertiary/aromatic N) is 3. The van der Waals surface area contributed by atoms with Gasteiger partial charge in [0.2, 0.25) is 10.0 Å². The van der Waals surface area contributed by atoms with Crippen molar-refractivity contribution in [3.63, 3.8) is 0 Å². The number of benzene rings is 2. The van der Waals surface area contributed by atoms with Crippen LogP contribution in [0, 0.1) is 5.82 Å². The fourth-order valence-corrected chi connectivity index (χ4v) is 3.53. The van der Waals surface area contributed by atoms with Crippen LogP contribution in [0.15, 0.2) is 71.9 Å². The topological polar surface area (TPSA) is 102 Å². The molecule has 0 aliphatic heterocycles. The molecule has 0 radical (unpaired) electrons. The minimum Gasteiger partial charge on any atom is -0.364 e. The van der Waals surface area contributed by atoms with Gasteiger partial charge in [-0.15, -0.1) is 0 Å². The molecule has 0 saturated carbocycles. The third kappa shape index (κ3) is 3.57. The van der Waals surface area contributed by atoms with Gasteiger partial charge < -0.3 is 5.32 Å². The van der Waals surface area contributed by atoms with E-state index in [0.717, 1.165) is 22.8 Å². The molecule has 7 nitrogen and oxygen atoms in total. The summed E-state index contributed by atoms with van der Waals surface area (Å²) < 4.78 is 38.4. The molecule has 28 heavy (non-hydrogen) atoms. The van der Waals surface area contributed by atoms with Crippen molar-refractivity contribution in [3.8, 4) is 11.3 Å². The Morgan fingerprint density at radius 1 is 1.11 bits per heavy atom. The van der Waals surface area contributed by atoms with Crippen LogP contribution in [0.4, 0.5) is 10.2 Å². The van der Waals surface area contributed by atoms with Crippen LogP contribution in [0.2, 0.25) is 0 Å². The number of nitrogens with one attached hydrogen (secondary N) is 1. The second-order valence-electron chi connectivity index (χ2n) is 6.16. The number of anilines is 1. The van der Waals surface area contributed by atoms with E-state index in [9.17, 15) is 12.8 Å².